The van der Waals surface area contributed by atoms with Crippen LogP contribution in [0.1, 0.15) is 25.8 Å². The molecular weight excluding hydrogens is 268 g/mol. The second kappa shape index (κ2) is 6.35. The van der Waals surface area contributed by atoms with Crippen LogP contribution in [0.25, 0.3) is 6.08 Å². The van der Waals surface area contributed by atoms with Crippen molar-refractivity contribution in [2.75, 3.05) is 24.6 Å². The first-order chi connectivity index (χ1) is 9.46. The number of carbonyl (C=O) groups excluding carboxylic acids is 1. The molecule has 0 radical (unpaired) electrons. The summed E-state index contributed by atoms with van der Waals surface area (Å²) in [4.78, 5) is 14.1. The van der Waals surface area contributed by atoms with Crippen LogP contribution in [-0.4, -0.2) is 34.4 Å². The molecule has 0 spiro atoms. The first-order valence-corrected chi connectivity index (χ1v) is 7.91. The Kier molecular flexibility index (Phi) is 4.76. The van der Waals surface area contributed by atoms with Gasteiger partial charge in [-0.1, -0.05) is 26.0 Å². The molecule has 1 aliphatic rings. The minimum atomic E-state index is 0.0973. The minimum Gasteiger partial charge on any atom is -0.399 e. The van der Waals surface area contributed by atoms with Crippen molar-refractivity contribution in [2.24, 2.45) is 0 Å². The van der Waals surface area contributed by atoms with Gasteiger partial charge in [0, 0.05) is 35.4 Å². The molecule has 3 nitrogen and oxygen atoms in total. The topological polar surface area (TPSA) is 46.3 Å². The highest BCUT2D eigenvalue weighted by Crippen LogP contribution is 2.30. The maximum atomic E-state index is 12.2. The smallest absolute Gasteiger partial charge is 0.246 e. The predicted octanol–water partition coefficient (Wildman–Crippen LogP) is 3.03. The first-order valence-electron chi connectivity index (χ1n) is 6.93. The Balaban J connectivity index is 1.96. The Labute approximate surface area is 125 Å². The zero-order valence-electron chi connectivity index (χ0n) is 12.1. The van der Waals surface area contributed by atoms with Crippen molar-refractivity contribution in [1.29, 1.82) is 0 Å². The van der Waals surface area contributed by atoms with E-state index in [4.69, 9.17) is 5.73 Å². The molecule has 2 rings (SSSR count). The number of carbonyl (C=O) groups is 1. The highest BCUT2D eigenvalue weighted by atomic mass is 32.2. The highest BCUT2D eigenvalue weighted by molar-refractivity contribution is 8.00. The van der Waals surface area contributed by atoms with E-state index in [-0.39, 0.29) is 10.7 Å². The normalized spacial score (nSPS) is 19.0. The van der Waals surface area contributed by atoms with Crippen LogP contribution in [-0.2, 0) is 4.79 Å². The van der Waals surface area contributed by atoms with Crippen LogP contribution in [0.2, 0.25) is 0 Å². The Bertz CT molecular complexity index is 494. The number of thioether (sulfide) groups is 1. The first kappa shape index (κ1) is 15.0. The lowest BCUT2D eigenvalue weighted by atomic mass is 10.1. The second-order valence-corrected chi connectivity index (χ2v) is 7.49. The molecular formula is C16H22N2OS. The van der Waals surface area contributed by atoms with Crippen LogP contribution < -0.4 is 5.73 Å². The van der Waals surface area contributed by atoms with Crippen molar-refractivity contribution in [3.63, 3.8) is 0 Å². The van der Waals surface area contributed by atoms with E-state index >= 15 is 0 Å². The van der Waals surface area contributed by atoms with Crippen LogP contribution in [0.4, 0.5) is 5.69 Å². The number of amides is 1. The SMILES string of the molecule is CC1(C)CCN(C(=O)/C=C/c2ccc(N)cc2)CCS1. The molecule has 4 heteroatoms. The minimum absolute atomic E-state index is 0.0973. The number of rotatable bonds is 2. The molecule has 0 aromatic heterocycles. The van der Waals surface area contributed by atoms with E-state index in [0.29, 0.717) is 0 Å². The lowest BCUT2D eigenvalue weighted by Gasteiger charge is -2.21. The van der Waals surface area contributed by atoms with E-state index in [1.165, 1.54) is 0 Å². The average Bonchev–Trinajstić information content (AvgIpc) is 2.59. The number of hydrogen-bond acceptors (Lipinski definition) is 3. The van der Waals surface area contributed by atoms with Crippen LogP contribution >= 0.6 is 11.8 Å². The van der Waals surface area contributed by atoms with E-state index < -0.39 is 0 Å². The molecule has 0 aliphatic carbocycles. The van der Waals surface area contributed by atoms with Gasteiger partial charge in [-0.3, -0.25) is 4.79 Å². The van der Waals surface area contributed by atoms with Crippen molar-refractivity contribution in [2.45, 2.75) is 25.0 Å². The third-order valence-corrected chi connectivity index (χ3v) is 4.88. The average molecular weight is 290 g/mol. The number of benzene rings is 1. The van der Waals surface area contributed by atoms with Crippen molar-refractivity contribution >= 4 is 29.4 Å². The summed E-state index contributed by atoms with van der Waals surface area (Å²) in [6.07, 6.45) is 4.55. The quantitative estimate of drug-likeness (QED) is 0.672. The Hall–Kier alpha value is -1.42. The van der Waals surface area contributed by atoms with Gasteiger partial charge in [0.25, 0.3) is 0 Å². The fourth-order valence-corrected chi connectivity index (χ4v) is 3.22. The van der Waals surface area contributed by atoms with Crippen LogP contribution in [0, 0.1) is 0 Å². The van der Waals surface area contributed by atoms with Gasteiger partial charge in [0.05, 0.1) is 0 Å². The summed E-state index contributed by atoms with van der Waals surface area (Å²) in [5.41, 5.74) is 7.37. The fraction of sp³-hybridized carbons (Fsp3) is 0.438. The summed E-state index contributed by atoms with van der Waals surface area (Å²) < 4.78 is 0.274. The Morgan fingerprint density at radius 3 is 2.70 bits per heavy atom. The van der Waals surface area contributed by atoms with Crippen LogP contribution in [0.15, 0.2) is 30.3 Å². The van der Waals surface area contributed by atoms with Gasteiger partial charge in [-0.25, -0.2) is 0 Å². The van der Waals surface area contributed by atoms with Gasteiger partial charge in [-0.05, 0) is 30.2 Å². The van der Waals surface area contributed by atoms with Crippen LogP contribution in [0.3, 0.4) is 0 Å². The van der Waals surface area contributed by atoms with Gasteiger partial charge < -0.3 is 10.6 Å². The highest BCUT2D eigenvalue weighted by Gasteiger charge is 2.24. The van der Waals surface area contributed by atoms with Gasteiger partial charge in [-0.2, -0.15) is 11.8 Å². The molecule has 1 fully saturated rings. The molecule has 0 bridgehead atoms. The number of nitrogens with zero attached hydrogens (tertiary/aromatic N) is 1. The van der Waals surface area contributed by atoms with E-state index in [2.05, 4.69) is 13.8 Å². The maximum absolute atomic E-state index is 12.2. The zero-order chi connectivity index (χ0) is 14.6. The summed E-state index contributed by atoms with van der Waals surface area (Å²) in [6, 6.07) is 7.52. The monoisotopic (exact) mass is 290 g/mol. The summed E-state index contributed by atoms with van der Waals surface area (Å²) in [6.45, 7) is 6.16. The molecule has 1 aromatic rings. The number of nitrogen functional groups attached to an aromatic ring is 1. The van der Waals surface area contributed by atoms with Crippen molar-refractivity contribution in [3.8, 4) is 0 Å². The Morgan fingerprint density at radius 2 is 2.00 bits per heavy atom. The molecule has 108 valence electrons. The molecule has 1 amide bonds. The maximum Gasteiger partial charge on any atom is 0.246 e. The van der Waals surface area contributed by atoms with E-state index in [0.717, 1.165) is 36.5 Å². The standard InChI is InChI=1S/C16H22N2OS/c1-16(2)9-10-18(11-12-20-16)15(19)8-5-13-3-6-14(17)7-4-13/h3-8H,9-12,17H2,1-2H3/b8-5+. The van der Waals surface area contributed by atoms with Crippen LogP contribution in [0.5, 0.6) is 0 Å². The molecule has 0 unspecified atom stereocenters. The molecule has 20 heavy (non-hydrogen) atoms. The lowest BCUT2D eigenvalue weighted by Crippen LogP contribution is -2.32. The molecule has 1 heterocycles. The third kappa shape index (κ3) is 4.30. The van der Waals surface area contributed by atoms with Gasteiger partial charge in [0.15, 0.2) is 0 Å². The molecule has 1 aromatic carbocycles. The fourth-order valence-electron chi connectivity index (χ4n) is 2.12. The molecule has 0 saturated carbocycles. The zero-order valence-corrected chi connectivity index (χ0v) is 13.0. The third-order valence-electron chi connectivity index (χ3n) is 3.50. The van der Waals surface area contributed by atoms with E-state index in [1.807, 2.05) is 47.0 Å². The molecule has 1 saturated heterocycles. The molecule has 0 atom stereocenters. The lowest BCUT2D eigenvalue weighted by molar-refractivity contribution is -0.125. The second-order valence-electron chi connectivity index (χ2n) is 5.68. The molecule has 2 N–H and O–H groups in total. The van der Waals surface area contributed by atoms with Crippen molar-refractivity contribution in [1.82, 2.24) is 4.90 Å². The van der Waals surface area contributed by atoms with Gasteiger partial charge in [0.2, 0.25) is 5.91 Å². The van der Waals surface area contributed by atoms with E-state index in [9.17, 15) is 4.79 Å². The van der Waals surface area contributed by atoms with Crippen molar-refractivity contribution < 1.29 is 4.79 Å². The molecule has 1 aliphatic heterocycles. The number of nitrogens with two attached hydrogens (primary N) is 1. The van der Waals surface area contributed by atoms with Gasteiger partial charge in [0.1, 0.15) is 0 Å². The number of anilines is 1. The summed E-state index contributed by atoms with van der Waals surface area (Å²) >= 11 is 1.95. The van der Waals surface area contributed by atoms with E-state index in [1.54, 1.807) is 6.08 Å². The largest absolute Gasteiger partial charge is 0.399 e. The predicted molar refractivity (Wildman–Crippen MR) is 87.6 cm³/mol. The summed E-state index contributed by atoms with van der Waals surface area (Å²) in [7, 11) is 0. The number of hydrogen-bond donors (Lipinski definition) is 1. The Morgan fingerprint density at radius 1 is 1.30 bits per heavy atom. The van der Waals surface area contributed by atoms with Gasteiger partial charge >= 0.3 is 0 Å². The summed E-state index contributed by atoms with van der Waals surface area (Å²) in [5, 5.41) is 0. The van der Waals surface area contributed by atoms with Gasteiger partial charge in [-0.15, -0.1) is 0 Å². The summed E-state index contributed by atoms with van der Waals surface area (Å²) in [5.74, 6) is 1.11. The van der Waals surface area contributed by atoms with Crippen molar-refractivity contribution in [3.05, 3.63) is 35.9 Å².